The maximum atomic E-state index is 12.5. The SMILES string of the molecule is CCCn1cc(N)cc1C(=O)Nc1ccccc1COC. The third-order valence-electron chi connectivity index (χ3n) is 3.18. The highest BCUT2D eigenvalue weighted by Gasteiger charge is 2.14. The minimum atomic E-state index is -0.163. The molecule has 0 atom stereocenters. The summed E-state index contributed by atoms with van der Waals surface area (Å²) >= 11 is 0. The number of amides is 1. The molecule has 2 rings (SSSR count). The van der Waals surface area contributed by atoms with Gasteiger partial charge in [0.15, 0.2) is 0 Å². The van der Waals surface area contributed by atoms with Crippen molar-refractivity contribution in [1.82, 2.24) is 4.57 Å². The molecule has 0 saturated carbocycles. The molecule has 0 aliphatic heterocycles. The van der Waals surface area contributed by atoms with Gasteiger partial charge < -0.3 is 20.4 Å². The van der Waals surface area contributed by atoms with E-state index in [-0.39, 0.29) is 5.91 Å². The van der Waals surface area contributed by atoms with E-state index in [1.54, 1.807) is 19.4 Å². The monoisotopic (exact) mass is 287 g/mol. The summed E-state index contributed by atoms with van der Waals surface area (Å²) in [6, 6.07) is 9.29. The molecule has 1 aromatic carbocycles. The van der Waals surface area contributed by atoms with Crippen LogP contribution in [0.5, 0.6) is 0 Å². The van der Waals surface area contributed by atoms with Crippen molar-refractivity contribution in [2.75, 3.05) is 18.2 Å². The second-order valence-corrected chi connectivity index (χ2v) is 4.90. The summed E-state index contributed by atoms with van der Waals surface area (Å²) in [5, 5.41) is 2.93. The highest BCUT2D eigenvalue weighted by Crippen LogP contribution is 2.18. The van der Waals surface area contributed by atoms with Crippen molar-refractivity contribution in [3.05, 3.63) is 47.8 Å². The van der Waals surface area contributed by atoms with Crippen LogP contribution in [-0.2, 0) is 17.9 Å². The zero-order valence-corrected chi connectivity index (χ0v) is 12.4. The van der Waals surface area contributed by atoms with Crippen molar-refractivity contribution in [2.45, 2.75) is 26.5 Å². The summed E-state index contributed by atoms with van der Waals surface area (Å²) in [4.78, 5) is 12.5. The third-order valence-corrected chi connectivity index (χ3v) is 3.18. The Morgan fingerprint density at radius 3 is 2.86 bits per heavy atom. The minimum Gasteiger partial charge on any atom is -0.397 e. The molecule has 0 fully saturated rings. The first kappa shape index (κ1) is 15.1. The largest absolute Gasteiger partial charge is 0.397 e. The number of ether oxygens (including phenoxy) is 1. The first-order valence-corrected chi connectivity index (χ1v) is 6.99. The minimum absolute atomic E-state index is 0.163. The summed E-state index contributed by atoms with van der Waals surface area (Å²) in [6.07, 6.45) is 2.73. The summed E-state index contributed by atoms with van der Waals surface area (Å²) in [5.74, 6) is -0.163. The highest BCUT2D eigenvalue weighted by molar-refractivity contribution is 6.04. The van der Waals surface area contributed by atoms with Gasteiger partial charge in [0.25, 0.3) is 5.91 Å². The Hall–Kier alpha value is -2.27. The Morgan fingerprint density at radius 1 is 1.38 bits per heavy atom. The Morgan fingerprint density at radius 2 is 2.14 bits per heavy atom. The molecule has 21 heavy (non-hydrogen) atoms. The molecule has 2 aromatic rings. The Labute approximate surface area is 124 Å². The molecule has 0 spiro atoms. The second kappa shape index (κ2) is 6.95. The van der Waals surface area contributed by atoms with Gasteiger partial charge in [-0.3, -0.25) is 4.79 Å². The average molecular weight is 287 g/mol. The molecule has 0 bridgehead atoms. The van der Waals surface area contributed by atoms with Crippen LogP contribution in [0.1, 0.15) is 29.4 Å². The predicted octanol–water partition coefficient (Wildman–Crippen LogP) is 2.88. The van der Waals surface area contributed by atoms with Gasteiger partial charge in [-0.1, -0.05) is 25.1 Å². The zero-order valence-electron chi connectivity index (χ0n) is 12.4. The number of methoxy groups -OCH3 is 1. The molecule has 0 unspecified atom stereocenters. The maximum Gasteiger partial charge on any atom is 0.272 e. The molecule has 0 radical (unpaired) electrons. The lowest BCUT2D eigenvalue weighted by Crippen LogP contribution is -2.17. The predicted molar refractivity (Wildman–Crippen MR) is 84.2 cm³/mol. The van der Waals surface area contributed by atoms with E-state index in [9.17, 15) is 4.79 Å². The number of rotatable bonds is 6. The van der Waals surface area contributed by atoms with Crippen molar-refractivity contribution < 1.29 is 9.53 Å². The van der Waals surface area contributed by atoms with Crippen molar-refractivity contribution in [3.63, 3.8) is 0 Å². The van der Waals surface area contributed by atoms with Gasteiger partial charge in [-0.05, 0) is 18.6 Å². The molecule has 112 valence electrons. The van der Waals surface area contributed by atoms with E-state index in [0.29, 0.717) is 18.0 Å². The number of carbonyl (C=O) groups excluding carboxylic acids is 1. The highest BCUT2D eigenvalue weighted by atomic mass is 16.5. The van der Waals surface area contributed by atoms with Gasteiger partial charge in [0.1, 0.15) is 5.69 Å². The number of nitrogen functional groups attached to an aromatic ring is 1. The van der Waals surface area contributed by atoms with Crippen molar-refractivity contribution in [2.24, 2.45) is 0 Å². The average Bonchev–Trinajstić information content (AvgIpc) is 2.83. The number of benzene rings is 1. The topological polar surface area (TPSA) is 69.3 Å². The van der Waals surface area contributed by atoms with Crippen LogP contribution in [-0.4, -0.2) is 17.6 Å². The summed E-state index contributed by atoms with van der Waals surface area (Å²) in [7, 11) is 1.63. The van der Waals surface area contributed by atoms with Crippen molar-refractivity contribution in [3.8, 4) is 0 Å². The van der Waals surface area contributed by atoms with Crippen LogP contribution in [0.2, 0.25) is 0 Å². The molecule has 0 saturated heterocycles. The van der Waals surface area contributed by atoms with E-state index in [0.717, 1.165) is 24.2 Å². The van der Waals surface area contributed by atoms with Gasteiger partial charge in [0.2, 0.25) is 0 Å². The van der Waals surface area contributed by atoms with Gasteiger partial charge >= 0.3 is 0 Å². The molecular formula is C16H21N3O2. The molecule has 5 heteroatoms. The lowest BCUT2D eigenvalue weighted by molar-refractivity contribution is 0.101. The first-order chi connectivity index (χ1) is 10.2. The molecule has 5 nitrogen and oxygen atoms in total. The summed E-state index contributed by atoms with van der Waals surface area (Å²) in [5.41, 5.74) is 8.66. The normalized spacial score (nSPS) is 10.6. The number of para-hydroxylation sites is 1. The number of hydrogen-bond donors (Lipinski definition) is 2. The molecular weight excluding hydrogens is 266 g/mol. The fourth-order valence-corrected chi connectivity index (χ4v) is 2.26. The number of nitrogens with two attached hydrogens (primary N) is 1. The second-order valence-electron chi connectivity index (χ2n) is 4.90. The van der Waals surface area contributed by atoms with Crippen LogP contribution in [0.4, 0.5) is 11.4 Å². The quantitative estimate of drug-likeness (QED) is 0.858. The van der Waals surface area contributed by atoms with E-state index >= 15 is 0 Å². The van der Waals surface area contributed by atoms with E-state index in [2.05, 4.69) is 12.2 Å². The Kier molecular flexibility index (Phi) is 5.00. The van der Waals surface area contributed by atoms with Gasteiger partial charge in [0.05, 0.1) is 12.3 Å². The number of nitrogens with zero attached hydrogens (tertiary/aromatic N) is 1. The smallest absolute Gasteiger partial charge is 0.272 e. The van der Waals surface area contributed by atoms with Crippen LogP contribution in [0, 0.1) is 0 Å². The standard InChI is InChI=1S/C16H21N3O2/c1-3-8-19-10-13(17)9-15(19)16(20)18-14-7-5-4-6-12(14)11-21-2/h4-7,9-10H,3,8,11,17H2,1-2H3,(H,18,20). The molecule has 1 aromatic heterocycles. The fraction of sp³-hybridized carbons (Fsp3) is 0.312. The van der Waals surface area contributed by atoms with Gasteiger partial charge in [-0.25, -0.2) is 0 Å². The van der Waals surface area contributed by atoms with Crippen molar-refractivity contribution in [1.29, 1.82) is 0 Å². The van der Waals surface area contributed by atoms with Crippen molar-refractivity contribution >= 4 is 17.3 Å². The fourth-order valence-electron chi connectivity index (χ4n) is 2.26. The Bertz CT molecular complexity index is 620. The van der Waals surface area contributed by atoms with Crippen LogP contribution in [0.25, 0.3) is 0 Å². The van der Waals surface area contributed by atoms with Gasteiger partial charge in [-0.15, -0.1) is 0 Å². The van der Waals surface area contributed by atoms with Crippen LogP contribution >= 0.6 is 0 Å². The number of aryl methyl sites for hydroxylation is 1. The van der Waals surface area contributed by atoms with Gasteiger partial charge in [-0.2, -0.15) is 0 Å². The number of aromatic nitrogens is 1. The van der Waals surface area contributed by atoms with E-state index < -0.39 is 0 Å². The van der Waals surface area contributed by atoms with E-state index in [4.69, 9.17) is 10.5 Å². The first-order valence-electron chi connectivity index (χ1n) is 6.99. The third kappa shape index (κ3) is 3.64. The molecule has 1 amide bonds. The Balaban J connectivity index is 2.22. The number of hydrogen-bond acceptors (Lipinski definition) is 3. The molecule has 0 aliphatic carbocycles. The lowest BCUT2D eigenvalue weighted by Gasteiger charge is -2.12. The number of nitrogens with one attached hydrogen (secondary N) is 1. The van der Waals surface area contributed by atoms with Gasteiger partial charge in [0, 0.05) is 31.1 Å². The molecule has 3 N–H and O–H groups in total. The molecule has 0 aliphatic rings. The summed E-state index contributed by atoms with van der Waals surface area (Å²) < 4.78 is 7.02. The summed E-state index contributed by atoms with van der Waals surface area (Å²) in [6.45, 7) is 3.28. The molecule has 1 heterocycles. The number of anilines is 2. The van der Waals surface area contributed by atoms with Crippen LogP contribution < -0.4 is 11.1 Å². The lowest BCUT2D eigenvalue weighted by atomic mass is 10.2. The van der Waals surface area contributed by atoms with Crippen LogP contribution in [0.15, 0.2) is 36.5 Å². The van der Waals surface area contributed by atoms with E-state index in [1.807, 2.05) is 28.8 Å². The van der Waals surface area contributed by atoms with Crippen LogP contribution in [0.3, 0.4) is 0 Å². The van der Waals surface area contributed by atoms with E-state index in [1.165, 1.54) is 0 Å². The maximum absolute atomic E-state index is 12.5. The number of carbonyl (C=O) groups is 1. The zero-order chi connectivity index (χ0) is 15.2.